The highest BCUT2D eigenvalue weighted by Gasteiger charge is 2.41. The first-order valence-corrected chi connectivity index (χ1v) is 10.5. The van der Waals surface area contributed by atoms with Crippen LogP contribution in [0.25, 0.3) is 10.9 Å². The molecule has 1 aliphatic carbocycles. The van der Waals surface area contributed by atoms with Crippen molar-refractivity contribution in [2.75, 3.05) is 26.7 Å². The van der Waals surface area contributed by atoms with E-state index in [0.717, 1.165) is 24.0 Å². The zero-order valence-electron chi connectivity index (χ0n) is 18.0. The van der Waals surface area contributed by atoms with Gasteiger partial charge in [-0.25, -0.2) is 13.6 Å². The highest BCUT2D eigenvalue weighted by atomic mass is 19.1. The molecular formula is C22H25F2N3O6. The lowest BCUT2D eigenvalue weighted by Crippen LogP contribution is -2.31. The van der Waals surface area contributed by atoms with Crippen LogP contribution in [-0.4, -0.2) is 57.8 Å². The summed E-state index contributed by atoms with van der Waals surface area (Å²) in [6.07, 6.45) is 2.15. The fourth-order valence-electron chi connectivity index (χ4n) is 4.53. The predicted molar refractivity (Wildman–Crippen MR) is 114 cm³/mol. The summed E-state index contributed by atoms with van der Waals surface area (Å²) in [5.41, 5.74) is 1.94. The molecule has 0 radical (unpaired) electrons. The van der Waals surface area contributed by atoms with E-state index in [9.17, 15) is 29.4 Å². The van der Waals surface area contributed by atoms with E-state index in [1.165, 1.54) is 13.3 Å². The maximum Gasteiger partial charge on any atom is 0.341 e. The number of aliphatic hydroxyl groups is 1. The van der Waals surface area contributed by atoms with Crippen LogP contribution in [0, 0.1) is 5.82 Å². The molecule has 33 heavy (non-hydrogen) atoms. The molecule has 1 atom stereocenters. The molecule has 0 amide bonds. The largest absolute Gasteiger partial charge is 0.494 e. The van der Waals surface area contributed by atoms with Crippen molar-refractivity contribution in [3.05, 3.63) is 50.8 Å². The molecule has 11 heteroatoms. The topological polar surface area (TPSA) is 138 Å². The summed E-state index contributed by atoms with van der Waals surface area (Å²) >= 11 is 0. The average Bonchev–Trinajstić information content (AvgIpc) is 3.62. The minimum absolute atomic E-state index is 0.0161. The van der Waals surface area contributed by atoms with E-state index in [0.29, 0.717) is 0 Å². The van der Waals surface area contributed by atoms with Gasteiger partial charge in [0.25, 0.3) is 0 Å². The lowest BCUT2D eigenvalue weighted by molar-refractivity contribution is -0.0900. The van der Waals surface area contributed by atoms with Crippen molar-refractivity contribution in [2.45, 2.75) is 37.3 Å². The van der Waals surface area contributed by atoms with Crippen molar-refractivity contribution in [2.24, 2.45) is 5.73 Å². The quantitative estimate of drug-likeness (QED) is 0.526. The van der Waals surface area contributed by atoms with Gasteiger partial charge in [0.1, 0.15) is 22.8 Å². The summed E-state index contributed by atoms with van der Waals surface area (Å²) in [4.78, 5) is 24.4. The minimum Gasteiger partial charge on any atom is -0.494 e. The van der Waals surface area contributed by atoms with Gasteiger partial charge in [-0.1, -0.05) is 0 Å². The summed E-state index contributed by atoms with van der Waals surface area (Å²) in [6, 6.07) is 0.781. The van der Waals surface area contributed by atoms with E-state index in [1.54, 1.807) is 4.57 Å². The Kier molecular flexibility index (Phi) is 5.99. The van der Waals surface area contributed by atoms with Gasteiger partial charge in [-0.05, 0) is 30.9 Å². The van der Waals surface area contributed by atoms with Crippen molar-refractivity contribution in [3.63, 3.8) is 0 Å². The lowest BCUT2D eigenvalue weighted by Gasteiger charge is -2.30. The number of nitrogens with zero attached hydrogens (tertiary/aromatic N) is 2. The average molecular weight is 465 g/mol. The Morgan fingerprint density at radius 2 is 2.09 bits per heavy atom. The van der Waals surface area contributed by atoms with Gasteiger partial charge >= 0.3 is 5.97 Å². The Morgan fingerprint density at radius 3 is 2.67 bits per heavy atom. The number of carboxylic acids is 1. The Hall–Kier alpha value is -2.86. The number of hydroxylamine groups is 2. The maximum atomic E-state index is 15.6. The van der Waals surface area contributed by atoms with Crippen molar-refractivity contribution in [1.29, 1.82) is 0 Å². The number of nitrogens with two attached hydrogens (primary N) is 1. The maximum absolute atomic E-state index is 15.6. The summed E-state index contributed by atoms with van der Waals surface area (Å²) < 4.78 is 37.0. The molecule has 1 saturated heterocycles. The second kappa shape index (κ2) is 8.49. The summed E-state index contributed by atoms with van der Waals surface area (Å²) in [5, 5.41) is 31.7. The molecule has 1 aromatic carbocycles. The first kappa shape index (κ1) is 23.3. The Bertz CT molecular complexity index is 1220. The van der Waals surface area contributed by atoms with Crippen molar-refractivity contribution in [1.82, 2.24) is 9.63 Å². The standard InChI is InChI=1S/C22H25F2N3O6/c1-33-20-17(22(31)4-5-26(32)9-11(7-22)16(24)8-25)15(23)6-13-18(20)27(12-2-3-12)10-14(19(13)28)21(29)30/h6,10,12,31-32H,2-5,7-9,25H2,1H3,(H,29,30)/b16-11+. The monoisotopic (exact) mass is 465 g/mol. The molecule has 2 aliphatic rings. The SMILES string of the molecule is COc1c(C2(O)CCN(O)C/C(=C(/F)CN)C2)c(F)cc2c(=O)c(C(=O)O)cn(C3CC3)c12. The smallest absolute Gasteiger partial charge is 0.341 e. The number of benzene rings is 1. The fourth-order valence-corrected chi connectivity index (χ4v) is 4.53. The van der Waals surface area contributed by atoms with Crippen LogP contribution in [0.4, 0.5) is 8.78 Å². The van der Waals surface area contributed by atoms with Gasteiger partial charge < -0.3 is 30.5 Å². The zero-order chi connectivity index (χ0) is 24.1. The number of carboxylic acid groups (broad SMARTS) is 1. The molecule has 2 fully saturated rings. The lowest BCUT2D eigenvalue weighted by atomic mass is 9.83. The Balaban J connectivity index is 2.03. The normalized spacial score (nSPS) is 23.5. The molecule has 9 nitrogen and oxygen atoms in total. The Morgan fingerprint density at radius 1 is 1.39 bits per heavy atom. The molecule has 1 saturated carbocycles. The van der Waals surface area contributed by atoms with Gasteiger partial charge in [0.15, 0.2) is 5.75 Å². The van der Waals surface area contributed by atoms with E-state index >= 15 is 4.39 Å². The molecule has 5 N–H and O–H groups in total. The molecule has 178 valence electrons. The van der Waals surface area contributed by atoms with E-state index in [-0.39, 0.29) is 59.8 Å². The van der Waals surface area contributed by atoms with Crippen molar-refractivity contribution >= 4 is 16.9 Å². The third kappa shape index (κ3) is 4.01. The first-order chi connectivity index (χ1) is 15.6. The number of aromatic nitrogens is 1. The van der Waals surface area contributed by atoms with E-state index in [1.807, 2.05) is 0 Å². The molecule has 2 heterocycles. The van der Waals surface area contributed by atoms with Crippen molar-refractivity contribution in [3.8, 4) is 5.75 Å². The van der Waals surface area contributed by atoms with Crippen LogP contribution >= 0.6 is 0 Å². The van der Waals surface area contributed by atoms with Crippen LogP contribution in [0.15, 0.2) is 28.5 Å². The van der Waals surface area contributed by atoms with Crippen molar-refractivity contribution < 1.29 is 33.7 Å². The molecule has 1 aliphatic heterocycles. The van der Waals surface area contributed by atoms with Crippen LogP contribution in [0.3, 0.4) is 0 Å². The molecular weight excluding hydrogens is 440 g/mol. The third-order valence-corrected chi connectivity index (χ3v) is 6.29. The number of methoxy groups -OCH3 is 1. The van der Waals surface area contributed by atoms with Crippen LogP contribution in [0.1, 0.15) is 47.6 Å². The molecule has 1 unspecified atom stereocenters. The summed E-state index contributed by atoms with van der Waals surface area (Å²) in [5.74, 6) is -3.29. The number of ether oxygens (including phenoxy) is 1. The number of rotatable bonds is 5. The number of hydrogen-bond donors (Lipinski definition) is 4. The third-order valence-electron chi connectivity index (χ3n) is 6.29. The number of halogens is 2. The molecule has 1 aromatic heterocycles. The van der Waals surface area contributed by atoms with E-state index < -0.39 is 40.8 Å². The highest BCUT2D eigenvalue weighted by molar-refractivity contribution is 5.95. The van der Waals surface area contributed by atoms with Crippen LogP contribution in [0.5, 0.6) is 5.75 Å². The zero-order valence-corrected chi connectivity index (χ0v) is 18.0. The fraction of sp³-hybridized carbons (Fsp3) is 0.455. The molecule has 0 bridgehead atoms. The number of pyridine rings is 1. The van der Waals surface area contributed by atoms with Crippen LogP contribution in [0.2, 0.25) is 0 Å². The Labute approximate surface area is 187 Å². The predicted octanol–water partition coefficient (Wildman–Crippen LogP) is 2.04. The number of hydrogen-bond acceptors (Lipinski definition) is 7. The number of carbonyl (C=O) groups is 1. The summed E-state index contributed by atoms with van der Waals surface area (Å²) in [7, 11) is 1.25. The molecule has 2 aromatic rings. The van der Waals surface area contributed by atoms with Crippen LogP contribution < -0.4 is 15.9 Å². The summed E-state index contributed by atoms with van der Waals surface area (Å²) in [6.45, 7) is -0.751. The highest BCUT2D eigenvalue weighted by Crippen LogP contribution is 2.46. The number of aromatic carboxylic acids is 1. The van der Waals surface area contributed by atoms with E-state index in [4.69, 9.17) is 10.5 Å². The van der Waals surface area contributed by atoms with Gasteiger partial charge in [0.05, 0.1) is 23.6 Å². The second-order valence-corrected chi connectivity index (χ2v) is 8.54. The molecule has 4 rings (SSSR count). The van der Waals surface area contributed by atoms with Gasteiger partial charge in [0.2, 0.25) is 5.43 Å². The molecule has 0 spiro atoms. The van der Waals surface area contributed by atoms with Gasteiger partial charge in [0, 0.05) is 38.3 Å². The van der Waals surface area contributed by atoms with Crippen LogP contribution in [-0.2, 0) is 5.60 Å². The van der Waals surface area contributed by atoms with Gasteiger partial charge in [-0.3, -0.25) is 4.79 Å². The van der Waals surface area contributed by atoms with Gasteiger partial charge in [-0.15, -0.1) is 0 Å². The number of fused-ring (bicyclic) bond motifs is 1. The minimum atomic E-state index is -1.99. The first-order valence-electron chi connectivity index (χ1n) is 10.5. The second-order valence-electron chi connectivity index (χ2n) is 8.54. The van der Waals surface area contributed by atoms with E-state index in [2.05, 4.69) is 0 Å². The van der Waals surface area contributed by atoms with Gasteiger partial charge in [-0.2, -0.15) is 5.06 Å².